The summed E-state index contributed by atoms with van der Waals surface area (Å²) in [5.41, 5.74) is 0.313. The average Bonchev–Trinajstić information content (AvgIpc) is 2.46. The number of alkyl halides is 3. The number of hydrogen-bond acceptors (Lipinski definition) is 3. The third-order valence-electron chi connectivity index (χ3n) is 3.58. The molecule has 23 heavy (non-hydrogen) atoms. The Balaban J connectivity index is 1.98. The van der Waals surface area contributed by atoms with E-state index in [0.717, 1.165) is 15.3 Å². The van der Waals surface area contributed by atoms with Crippen molar-refractivity contribution in [1.29, 1.82) is 0 Å². The van der Waals surface area contributed by atoms with Crippen LogP contribution in [0, 0.1) is 3.57 Å². The summed E-state index contributed by atoms with van der Waals surface area (Å²) in [7, 11) is 0. The fourth-order valence-corrected chi connectivity index (χ4v) is 3.20. The van der Waals surface area contributed by atoms with Gasteiger partial charge in [-0.05, 0) is 52.4 Å². The maximum Gasteiger partial charge on any atom is 0.416 e. The van der Waals surface area contributed by atoms with E-state index in [0.29, 0.717) is 23.9 Å². The molecule has 0 spiro atoms. The highest BCUT2D eigenvalue weighted by Gasteiger charge is 2.34. The summed E-state index contributed by atoms with van der Waals surface area (Å²) in [6.45, 7) is 1.35. The molecule has 0 fully saturated rings. The largest absolute Gasteiger partial charge is 0.416 e. The van der Waals surface area contributed by atoms with Crippen LogP contribution in [0.5, 0.6) is 0 Å². The summed E-state index contributed by atoms with van der Waals surface area (Å²) >= 11 is 8.03. The number of fused-ring (bicyclic) bond motifs is 1. The molecule has 0 radical (unpaired) electrons. The molecule has 0 atom stereocenters. The van der Waals surface area contributed by atoms with Crippen LogP contribution in [-0.2, 0) is 12.7 Å². The van der Waals surface area contributed by atoms with E-state index in [1.165, 1.54) is 12.1 Å². The predicted molar refractivity (Wildman–Crippen MR) is 92.9 cm³/mol. The number of rotatable bonds is 2. The van der Waals surface area contributed by atoms with E-state index in [9.17, 15) is 13.2 Å². The molecule has 0 bridgehead atoms. The van der Waals surface area contributed by atoms with Crippen LogP contribution >= 0.6 is 34.2 Å². The Morgan fingerprint density at radius 3 is 2.83 bits per heavy atom. The number of halogens is 5. The summed E-state index contributed by atoms with van der Waals surface area (Å²) in [5.74, 6) is 0.687. The van der Waals surface area contributed by atoms with Gasteiger partial charge in [-0.25, -0.2) is 4.98 Å². The second-order valence-corrected chi connectivity index (χ2v) is 6.85. The third kappa shape index (κ3) is 3.65. The second-order valence-electron chi connectivity index (χ2n) is 5.17. The molecule has 8 heteroatoms. The molecule has 0 unspecified atom stereocenters. The highest BCUT2D eigenvalue weighted by Crippen LogP contribution is 2.36. The van der Waals surface area contributed by atoms with E-state index < -0.39 is 11.7 Å². The summed E-state index contributed by atoms with van der Waals surface area (Å²) in [6.07, 6.45) is -2.68. The topological polar surface area (TPSA) is 28.2 Å². The Kier molecular flexibility index (Phi) is 4.59. The molecule has 3 nitrogen and oxygen atoms in total. The van der Waals surface area contributed by atoms with Crippen molar-refractivity contribution in [2.75, 3.05) is 23.3 Å². The van der Waals surface area contributed by atoms with Gasteiger partial charge >= 0.3 is 6.18 Å². The minimum atomic E-state index is -4.40. The van der Waals surface area contributed by atoms with Crippen LogP contribution in [0.25, 0.3) is 0 Å². The first-order valence-electron chi connectivity index (χ1n) is 6.84. The number of nitrogens with one attached hydrogen (secondary N) is 1. The number of pyridine rings is 1. The van der Waals surface area contributed by atoms with Crippen LogP contribution in [0.3, 0.4) is 0 Å². The third-order valence-corrected chi connectivity index (χ3v) is 4.41. The lowest BCUT2D eigenvalue weighted by Gasteiger charge is -2.32. The monoisotopic (exact) mass is 453 g/mol. The molecule has 0 aliphatic carbocycles. The van der Waals surface area contributed by atoms with Gasteiger partial charge in [0.05, 0.1) is 11.3 Å². The van der Waals surface area contributed by atoms with Gasteiger partial charge in [-0.3, -0.25) is 0 Å². The number of anilines is 2. The molecule has 0 saturated carbocycles. The van der Waals surface area contributed by atoms with Crippen molar-refractivity contribution >= 4 is 45.7 Å². The van der Waals surface area contributed by atoms with Gasteiger partial charge in [0.2, 0.25) is 0 Å². The minimum Gasteiger partial charge on any atom is -0.367 e. The highest BCUT2D eigenvalue weighted by molar-refractivity contribution is 14.1. The zero-order chi connectivity index (χ0) is 16.6. The molecule has 0 saturated heterocycles. The van der Waals surface area contributed by atoms with Crippen molar-refractivity contribution in [1.82, 2.24) is 4.98 Å². The summed E-state index contributed by atoms with van der Waals surface area (Å²) in [4.78, 5) is 6.18. The van der Waals surface area contributed by atoms with E-state index in [2.05, 4.69) is 32.9 Å². The first kappa shape index (κ1) is 16.6. The van der Waals surface area contributed by atoms with Gasteiger partial charge in [-0.1, -0.05) is 11.6 Å². The van der Waals surface area contributed by atoms with Crippen LogP contribution in [-0.4, -0.2) is 18.1 Å². The molecule has 1 aliphatic heterocycles. The van der Waals surface area contributed by atoms with Gasteiger partial charge in [0.15, 0.2) is 0 Å². The summed E-state index contributed by atoms with van der Waals surface area (Å²) < 4.78 is 40.5. The molecule has 1 aromatic heterocycles. The molecule has 1 N–H and O–H groups in total. The molecule has 2 aromatic rings. The maximum absolute atomic E-state index is 13.2. The van der Waals surface area contributed by atoms with Crippen LogP contribution in [0.4, 0.5) is 24.7 Å². The van der Waals surface area contributed by atoms with E-state index >= 15 is 0 Å². The minimum absolute atomic E-state index is 0.131. The van der Waals surface area contributed by atoms with Gasteiger partial charge in [-0.2, -0.15) is 13.2 Å². The van der Waals surface area contributed by atoms with E-state index in [4.69, 9.17) is 11.6 Å². The van der Waals surface area contributed by atoms with E-state index in [-0.39, 0.29) is 12.1 Å². The first-order chi connectivity index (χ1) is 10.8. The summed E-state index contributed by atoms with van der Waals surface area (Å²) in [5, 5.41) is 3.45. The smallest absolute Gasteiger partial charge is 0.367 e. The average molecular weight is 454 g/mol. The van der Waals surface area contributed by atoms with Crippen molar-refractivity contribution < 1.29 is 13.2 Å². The highest BCUT2D eigenvalue weighted by atomic mass is 127. The lowest BCUT2D eigenvalue weighted by Crippen LogP contribution is -2.34. The molecule has 0 amide bonds. The molecule has 1 aromatic carbocycles. The number of nitrogens with zero attached hydrogens (tertiary/aromatic N) is 2. The Morgan fingerprint density at radius 1 is 1.30 bits per heavy atom. The summed E-state index contributed by atoms with van der Waals surface area (Å²) in [6, 6.07) is 5.60. The molecular formula is C15H12ClF3IN3. The molecular weight excluding hydrogens is 442 g/mol. The van der Waals surface area contributed by atoms with Crippen molar-refractivity contribution in [3.63, 3.8) is 0 Å². The zero-order valence-electron chi connectivity index (χ0n) is 11.8. The van der Waals surface area contributed by atoms with Gasteiger partial charge in [-0.15, -0.1) is 0 Å². The predicted octanol–water partition coefficient (Wildman–Crippen LogP) is 4.79. The van der Waals surface area contributed by atoms with Gasteiger partial charge in [0, 0.05) is 34.4 Å². The van der Waals surface area contributed by atoms with Crippen LogP contribution in [0.15, 0.2) is 30.5 Å². The lowest BCUT2D eigenvalue weighted by molar-refractivity contribution is -0.138. The van der Waals surface area contributed by atoms with Crippen LogP contribution in [0.1, 0.15) is 11.1 Å². The van der Waals surface area contributed by atoms with Crippen molar-refractivity contribution in [2.24, 2.45) is 0 Å². The standard InChI is InChI=1S/C15H12ClF3IN3/c16-10-1-2-12(15(17,18)19)9(5-10)8-23-4-3-21-14-13(23)6-11(20)7-22-14/h1-2,5-7H,3-4,8H2,(H,21,22). The normalized spacial score (nSPS) is 14.4. The molecule has 1 aliphatic rings. The molecule has 2 heterocycles. The molecule has 122 valence electrons. The zero-order valence-corrected chi connectivity index (χ0v) is 14.7. The van der Waals surface area contributed by atoms with E-state index in [1.807, 2.05) is 11.0 Å². The Morgan fingerprint density at radius 2 is 2.09 bits per heavy atom. The Bertz CT molecular complexity index is 736. The van der Waals surface area contributed by atoms with Crippen LogP contribution in [0.2, 0.25) is 5.02 Å². The fourth-order valence-electron chi connectivity index (χ4n) is 2.58. The van der Waals surface area contributed by atoms with Crippen molar-refractivity contribution in [3.8, 4) is 0 Å². The van der Waals surface area contributed by atoms with Gasteiger partial charge < -0.3 is 10.2 Å². The Hall–Kier alpha value is -1.22. The Labute approximate surface area is 150 Å². The SMILES string of the molecule is FC(F)(F)c1ccc(Cl)cc1CN1CCNc2ncc(I)cc21. The van der Waals surface area contributed by atoms with Crippen LogP contribution < -0.4 is 10.2 Å². The first-order valence-corrected chi connectivity index (χ1v) is 8.30. The van der Waals surface area contributed by atoms with Crippen molar-refractivity contribution in [3.05, 3.63) is 50.2 Å². The van der Waals surface area contributed by atoms with Gasteiger partial charge in [0.1, 0.15) is 5.82 Å². The number of hydrogen-bond donors (Lipinski definition) is 1. The van der Waals surface area contributed by atoms with Gasteiger partial charge in [0.25, 0.3) is 0 Å². The maximum atomic E-state index is 13.2. The second kappa shape index (κ2) is 6.35. The number of aromatic nitrogens is 1. The van der Waals surface area contributed by atoms with E-state index in [1.54, 1.807) is 6.20 Å². The lowest BCUT2D eigenvalue weighted by atomic mass is 10.1. The van der Waals surface area contributed by atoms with Crippen molar-refractivity contribution in [2.45, 2.75) is 12.7 Å². The fraction of sp³-hybridized carbons (Fsp3) is 0.267. The molecule has 3 rings (SSSR count). The number of benzene rings is 1. The quantitative estimate of drug-likeness (QED) is 0.663.